The molecule has 0 radical (unpaired) electrons. The van der Waals surface area contributed by atoms with Gasteiger partial charge in [0.2, 0.25) is 0 Å². The van der Waals surface area contributed by atoms with E-state index < -0.39 is 16.0 Å². The first-order chi connectivity index (χ1) is 12.9. The van der Waals surface area contributed by atoms with E-state index >= 15 is 0 Å². The predicted octanol–water partition coefficient (Wildman–Crippen LogP) is 4.50. The lowest BCUT2D eigenvalue weighted by Crippen LogP contribution is -2.22. The van der Waals surface area contributed by atoms with Gasteiger partial charge in [-0.3, -0.25) is 0 Å². The van der Waals surface area contributed by atoms with Gasteiger partial charge in [-0.05, 0) is 65.9 Å². The number of ether oxygens (including phenoxy) is 1. The van der Waals surface area contributed by atoms with E-state index in [4.69, 9.17) is 4.74 Å². The third-order valence-electron chi connectivity index (χ3n) is 5.28. The van der Waals surface area contributed by atoms with Gasteiger partial charge in [-0.2, -0.15) is 0 Å². The van der Waals surface area contributed by atoms with Crippen LogP contribution in [0.15, 0.2) is 45.9 Å². The highest BCUT2D eigenvalue weighted by Gasteiger charge is 2.42. The van der Waals surface area contributed by atoms with Crippen molar-refractivity contribution in [3.8, 4) is 0 Å². The largest absolute Gasteiger partial charge is 0.461 e. The fourth-order valence-electron chi connectivity index (χ4n) is 4.02. The topological polar surface area (TPSA) is 65.4 Å². The number of halogens is 1. The fraction of sp³-hybridized carbons (Fsp3) is 0.350. The van der Waals surface area contributed by atoms with E-state index in [1.165, 1.54) is 0 Å². The molecule has 3 aliphatic carbocycles. The number of rotatable bonds is 4. The van der Waals surface area contributed by atoms with Crippen molar-refractivity contribution in [2.75, 3.05) is 6.61 Å². The van der Waals surface area contributed by atoms with Crippen molar-refractivity contribution in [2.45, 2.75) is 43.4 Å². The Labute approximate surface area is 167 Å². The molecule has 0 spiro atoms. The van der Waals surface area contributed by atoms with Crippen molar-refractivity contribution < 1.29 is 17.9 Å². The number of hydrogen-bond donors (Lipinski definition) is 0. The minimum Gasteiger partial charge on any atom is -0.461 e. The van der Waals surface area contributed by atoms with Crippen LogP contribution in [0.25, 0.3) is 0 Å². The molecule has 3 aliphatic rings. The second-order valence-corrected chi connectivity index (χ2v) is 9.48. The second-order valence-electron chi connectivity index (χ2n) is 6.94. The van der Waals surface area contributed by atoms with Gasteiger partial charge >= 0.3 is 5.97 Å². The van der Waals surface area contributed by atoms with Crippen LogP contribution in [-0.4, -0.2) is 25.0 Å². The zero-order valence-corrected chi connectivity index (χ0v) is 17.5. The summed E-state index contributed by atoms with van der Waals surface area (Å²) >= 11 is 3.50. The summed E-state index contributed by atoms with van der Waals surface area (Å²) in [5.74, 6) is -0.451. The number of aromatic nitrogens is 1. The summed E-state index contributed by atoms with van der Waals surface area (Å²) in [6, 6.07) is 6.63. The second kappa shape index (κ2) is 6.63. The third kappa shape index (κ3) is 2.79. The van der Waals surface area contributed by atoms with Crippen molar-refractivity contribution >= 4 is 31.9 Å². The monoisotopic (exact) mass is 449 g/mol. The maximum Gasteiger partial charge on any atom is 0.356 e. The number of aryl methyl sites for hydroxylation is 1. The highest BCUT2D eigenvalue weighted by atomic mass is 79.9. The number of fused-ring (bicyclic) bond motifs is 1. The first-order valence-electron chi connectivity index (χ1n) is 8.98. The zero-order valence-electron chi connectivity index (χ0n) is 15.1. The summed E-state index contributed by atoms with van der Waals surface area (Å²) in [7, 11) is -3.95. The Morgan fingerprint density at radius 3 is 2.30 bits per heavy atom. The van der Waals surface area contributed by atoms with E-state index in [2.05, 4.69) is 28.1 Å². The van der Waals surface area contributed by atoms with Gasteiger partial charge in [0.25, 0.3) is 10.0 Å². The number of hydrogen-bond acceptors (Lipinski definition) is 4. The van der Waals surface area contributed by atoms with Crippen molar-refractivity contribution in [3.05, 3.63) is 63.4 Å². The highest BCUT2D eigenvalue weighted by molar-refractivity contribution is 9.10. The van der Waals surface area contributed by atoms with E-state index in [1.807, 2.05) is 6.92 Å². The molecular weight excluding hydrogens is 430 g/mol. The number of allylic oxidation sites excluding steroid dienone is 2. The van der Waals surface area contributed by atoms with Gasteiger partial charge in [-0.1, -0.05) is 29.8 Å². The molecule has 0 amide bonds. The van der Waals surface area contributed by atoms with Crippen molar-refractivity contribution in [3.63, 3.8) is 0 Å². The summed E-state index contributed by atoms with van der Waals surface area (Å²) in [6.45, 7) is 3.80. The highest BCUT2D eigenvalue weighted by Crippen LogP contribution is 2.51. The smallest absolute Gasteiger partial charge is 0.356 e. The zero-order chi connectivity index (χ0) is 19.3. The molecule has 142 valence electrons. The maximum atomic E-state index is 13.5. The third-order valence-corrected chi connectivity index (χ3v) is 8.01. The Bertz CT molecular complexity index is 1050. The Morgan fingerprint density at radius 1 is 1.15 bits per heavy atom. The van der Waals surface area contributed by atoms with Crippen LogP contribution in [0.5, 0.6) is 0 Å². The summed E-state index contributed by atoms with van der Waals surface area (Å²) in [4.78, 5) is 13.0. The molecule has 0 N–H and O–H groups in total. The van der Waals surface area contributed by atoms with E-state index in [0.717, 1.165) is 33.5 Å². The minimum atomic E-state index is -3.95. The summed E-state index contributed by atoms with van der Waals surface area (Å²) < 4.78 is 33.7. The molecule has 2 aromatic rings. The van der Waals surface area contributed by atoms with Crippen molar-refractivity contribution in [2.24, 2.45) is 0 Å². The molecule has 0 aliphatic heterocycles. The molecule has 0 fully saturated rings. The van der Waals surface area contributed by atoms with Gasteiger partial charge in [-0.25, -0.2) is 17.2 Å². The molecular formula is C20H20BrNO4S. The molecule has 0 unspecified atom stereocenters. The molecule has 0 saturated carbocycles. The normalized spacial score (nSPS) is 20.6. The van der Waals surface area contributed by atoms with Gasteiger partial charge in [0, 0.05) is 11.8 Å². The van der Waals surface area contributed by atoms with Crippen LogP contribution in [0.4, 0.5) is 0 Å². The molecule has 2 atom stereocenters. The molecule has 5 rings (SSSR count). The molecule has 2 bridgehead atoms. The van der Waals surface area contributed by atoms with Crippen LogP contribution < -0.4 is 0 Å². The SMILES string of the molecule is CCOC(=O)c1c2c(c(Br)n1S(=O)(=O)c1ccc(C)cc1)[C@@H]1C=C[C@H]2CC1. The summed E-state index contributed by atoms with van der Waals surface area (Å²) in [5.41, 5.74) is 2.77. The molecule has 7 heteroatoms. The van der Waals surface area contributed by atoms with Crippen LogP contribution in [0.2, 0.25) is 0 Å². The first kappa shape index (κ1) is 18.5. The molecule has 0 saturated heterocycles. The minimum absolute atomic E-state index is 0.0372. The van der Waals surface area contributed by atoms with Gasteiger partial charge in [-0.15, -0.1) is 0 Å². The molecule has 1 aromatic heterocycles. The van der Waals surface area contributed by atoms with Crippen LogP contribution in [-0.2, 0) is 14.8 Å². The number of carbonyl (C=O) groups is 1. The average Bonchev–Trinajstić information content (AvgIpc) is 2.99. The lowest BCUT2D eigenvalue weighted by atomic mass is 9.72. The van der Waals surface area contributed by atoms with E-state index in [1.54, 1.807) is 31.2 Å². The summed E-state index contributed by atoms with van der Waals surface area (Å²) in [5, 5.41) is 0. The quantitative estimate of drug-likeness (QED) is 0.508. The lowest BCUT2D eigenvalue weighted by Gasteiger charge is -2.31. The standard InChI is InChI=1S/C20H20BrNO4S/c1-3-26-20(23)18-16-13-6-8-14(9-7-13)17(16)19(21)22(18)27(24,25)15-10-4-12(2)5-11-15/h4-6,8,10-11,13-14H,3,7,9H2,1-2H3/t13-,14+/m0/s1. The Kier molecular flexibility index (Phi) is 4.55. The van der Waals surface area contributed by atoms with Gasteiger partial charge in [0.05, 0.1) is 11.5 Å². The molecule has 1 aromatic carbocycles. The number of benzene rings is 1. The van der Waals surface area contributed by atoms with Crippen molar-refractivity contribution in [1.29, 1.82) is 0 Å². The Hall–Kier alpha value is -1.86. The molecule has 27 heavy (non-hydrogen) atoms. The summed E-state index contributed by atoms with van der Waals surface area (Å²) in [6.07, 6.45) is 6.04. The molecule has 1 heterocycles. The average molecular weight is 450 g/mol. The van der Waals surface area contributed by atoms with Crippen LogP contribution >= 0.6 is 15.9 Å². The van der Waals surface area contributed by atoms with E-state index in [0.29, 0.717) is 4.60 Å². The lowest BCUT2D eigenvalue weighted by molar-refractivity contribution is 0.0516. The maximum absolute atomic E-state index is 13.5. The number of nitrogens with zero attached hydrogens (tertiary/aromatic N) is 1. The fourth-order valence-corrected chi connectivity index (χ4v) is 6.69. The van der Waals surface area contributed by atoms with Crippen LogP contribution in [0.1, 0.15) is 58.8 Å². The van der Waals surface area contributed by atoms with Crippen molar-refractivity contribution in [1.82, 2.24) is 3.97 Å². The van der Waals surface area contributed by atoms with Gasteiger partial charge in [0.15, 0.2) is 0 Å². The van der Waals surface area contributed by atoms with Crippen LogP contribution in [0, 0.1) is 6.92 Å². The van der Waals surface area contributed by atoms with Gasteiger partial charge < -0.3 is 4.74 Å². The molecule has 5 nitrogen and oxygen atoms in total. The number of esters is 1. The Morgan fingerprint density at radius 2 is 1.74 bits per heavy atom. The first-order valence-corrected chi connectivity index (χ1v) is 11.2. The van der Waals surface area contributed by atoms with E-state index in [9.17, 15) is 13.2 Å². The number of carbonyl (C=O) groups excluding carboxylic acids is 1. The van der Waals surface area contributed by atoms with Crippen LogP contribution in [0.3, 0.4) is 0 Å². The van der Waals surface area contributed by atoms with E-state index in [-0.39, 0.29) is 29.0 Å². The van der Waals surface area contributed by atoms with Gasteiger partial charge in [0.1, 0.15) is 10.3 Å². The predicted molar refractivity (Wildman–Crippen MR) is 106 cm³/mol. The Balaban J connectivity index is 2.00.